The van der Waals surface area contributed by atoms with Crippen LogP contribution in [0.5, 0.6) is 0 Å². The van der Waals surface area contributed by atoms with Gasteiger partial charge in [-0.15, -0.1) is 0 Å². The van der Waals surface area contributed by atoms with E-state index < -0.39 is 5.60 Å². The number of pyridine rings is 2. The highest BCUT2D eigenvalue weighted by atomic mass is 16.3. The van der Waals surface area contributed by atoms with E-state index >= 15 is 0 Å². The zero-order valence-corrected chi connectivity index (χ0v) is 20.9. The van der Waals surface area contributed by atoms with E-state index in [0.29, 0.717) is 24.9 Å². The van der Waals surface area contributed by atoms with Crippen molar-refractivity contribution >= 4 is 27.8 Å². The lowest BCUT2D eigenvalue weighted by Gasteiger charge is -2.37. The fraction of sp³-hybridized carbons (Fsp3) is 0.321. The van der Waals surface area contributed by atoms with Gasteiger partial charge in [-0.2, -0.15) is 5.10 Å². The Bertz CT molecular complexity index is 1620. The Labute approximate surface area is 214 Å². The van der Waals surface area contributed by atoms with Crippen LogP contribution in [0.4, 0.5) is 0 Å². The van der Waals surface area contributed by atoms with Gasteiger partial charge in [-0.1, -0.05) is 0 Å². The van der Waals surface area contributed by atoms with Crippen LogP contribution < -0.4 is 5.32 Å². The Hall–Kier alpha value is -4.11. The molecule has 9 heteroatoms. The van der Waals surface area contributed by atoms with Crippen LogP contribution in [0.15, 0.2) is 55.0 Å². The molecule has 5 aromatic rings. The molecule has 9 nitrogen and oxygen atoms in total. The molecule has 1 saturated carbocycles. The average molecular weight is 496 g/mol. The molecule has 0 bridgehead atoms. The molecule has 6 rings (SSSR count). The van der Waals surface area contributed by atoms with Crippen molar-refractivity contribution < 1.29 is 9.90 Å². The van der Waals surface area contributed by atoms with Crippen LogP contribution in [0.2, 0.25) is 0 Å². The molecule has 1 aliphatic carbocycles. The van der Waals surface area contributed by atoms with Crippen LogP contribution in [0.1, 0.15) is 47.6 Å². The third-order valence-corrected chi connectivity index (χ3v) is 7.35. The summed E-state index contributed by atoms with van der Waals surface area (Å²) in [6, 6.07) is 11.3. The number of fused-ring (bicyclic) bond motifs is 2. The number of aryl methyl sites for hydroxylation is 2. The van der Waals surface area contributed by atoms with E-state index in [2.05, 4.69) is 35.0 Å². The number of nitrogens with zero attached hydrogens (tertiary/aromatic N) is 5. The molecule has 0 unspecified atom stereocenters. The minimum absolute atomic E-state index is 0.120. The lowest BCUT2D eigenvalue weighted by molar-refractivity contribution is -0.0207. The van der Waals surface area contributed by atoms with E-state index in [1.807, 2.05) is 50.2 Å². The van der Waals surface area contributed by atoms with Crippen LogP contribution >= 0.6 is 0 Å². The zero-order valence-electron chi connectivity index (χ0n) is 20.9. The van der Waals surface area contributed by atoms with E-state index in [0.717, 1.165) is 57.6 Å². The summed E-state index contributed by atoms with van der Waals surface area (Å²) in [7, 11) is 0. The molecule has 0 spiro atoms. The van der Waals surface area contributed by atoms with Gasteiger partial charge in [-0.05, 0) is 75.9 Å². The van der Waals surface area contributed by atoms with Gasteiger partial charge >= 0.3 is 0 Å². The third kappa shape index (κ3) is 4.46. The average Bonchev–Trinajstić information content (AvgIpc) is 3.44. The quantitative estimate of drug-likeness (QED) is 0.338. The first-order valence-corrected chi connectivity index (χ1v) is 12.6. The van der Waals surface area contributed by atoms with Crippen LogP contribution in [-0.2, 0) is 6.54 Å². The molecular weight excluding hydrogens is 466 g/mol. The second kappa shape index (κ2) is 9.08. The van der Waals surface area contributed by atoms with E-state index in [1.165, 1.54) is 0 Å². The van der Waals surface area contributed by atoms with Crippen molar-refractivity contribution in [1.29, 1.82) is 0 Å². The van der Waals surface area contributed by atoms with Gasteiger partial charge in [0.2, 0.25) is 0 Å². The number of hydrogen-bond acceptors (Lipinski definition) is 6. The molecule has 1 amide bonds. The molecule has 4 aromatic heterocycles. The minimum atomic E-state index is -0.932. The van der Waals surface area contributed by atoms with E-state index in [4.69, 9.17) is 0 Å². The van der Waals surface area contributed by atoms with Gasteiger partial charge in [-0.25, -0.2) is 4.98 Å². The summed E-state index contributed by atoms with van der Waals surface area (Å²) in [6.07, 6.45) is 8.07. The second-order valence-electron chi connectivity index (χ2n) is 10.1. The molecule has 1 fully saturated rings. The van der Waals surface area contributed by atoms with Crippen LogP contribution in [-0.4, -0.2) is 52.4 Å². The van der Waals surface area contributed by atoms with Gasteiger partial charge in [0.1, 0.15) is 17.0 Å². The van der Waals surface area contributed by atoms with Gasteiger partial charge in [0.25, 0.3) is 5.91 Å². The Balaban J connectivity index is 1.21. The van der Waals surface area contributed by atoms with E-state index in [-0.39, 0.29) is 11.9 Å². The zero-order chi connectivity index (χ0) is 25.6. The first-order valence-electron chi connectivity index (χ1n) is 12.6. The Kier molecular flexibility index (Phi) is 5.72. The second-order valence-corrected chi connectivity index (χ2v) is 10.1. The summed E-state index contributed by atoms with van der Waals surface area (Å²) < 4.78 is 2.05. The summed E-state index contributed by atoms with van der Waals surface area (Å²) >= 11 is 0. The molecule has 37 heavy (non-hydrogen) atoms. The number of aromatic amines is 1. The maximum Gasteiger partial charge on any atom is 0.251 e. The molecule has 0 aliphatic heterocycles. The lowest BCUT2D eigenvalue weighted by Crippen LogP contribution is -2.47. The highest BCUT2D eigenvalue weighted by Gasteiger charge is 2.36. The van der Waals surface area contributed by atoms with Crippen LogP contribution in [0, 0.1) is 13.8 Å². The topological polar surface area (TPSA) is 122 Å². The standard InChI is InChI=1S/C28H29N7O2/c1-17-12-19(7-11-30-17)26-22-13-20(5-6-23(22)33-34-26)27(36)32-21-4-3-9-28(37,14-21)16-35-18(2)31-24-15-29-10-8-25(24)35/h5-8,10-13,15,21,37H,3-4,9,14,16H2,1-2H3,(H,32,36)(H,33,34)/t21-,28+/m1/s1. The molecule has 1 aliphatic rings. The molecule has 4 heterocycles. The fourth-order valence-electron chi connectivity index (χ4n) is 5.54. The highest BCUT2D eigenvalue weighted by molar-refractivity contribution is 6.01. The van der Waals surface area contributed by atoms with Gasteiger partial charge in [-0.3, -0.25) is 19.9 Å². The smallest absolute Gasteiger partial charge is 0.251 e. The number of amides is 1. The van der Waals surface area contributed by atoms with Gasteiger partial charge < -0.3 is 15.0 Å². The normalized spacial score (nSPS) is 19.9. The van der Waals surface area contributed by atoms with Crippen molar-refractivity contribution in [2.45, 2.75) is 57.7 Å². The molecular formula is C28H29N7O2. The number of carbonyl (C=O) groups is 1. The van der Waals surface area contributed by atoms with Crippen molar-refractivity contribution in [3.05, 3.63) is 72.1 Å². The Morgan fingerprint density at radius 2 is 2.11 bits per heavy atom. The van der Waals surface area contributed by atoms with Crippen molar-refractivity contribution in [3.63, 3.8) is 0 Å². The maximum absolute atomic E-state index is 13.3. The summed E-state index contributed by atoms with van der Waals surface area (Å²) in [5.74, 6) is 0.695. The predicted molar refractivity (Wildman–Crippen MR) is 141 cm³/mol. The summed E-state index contributed by atoms with van der Waals surface area (Å²) in [5, 5.41) is 23.1. The first-order chi connectivity index (χ1) is 17.9. The van der Waals surface area contributed by atoms with Crippen molar-refractivity contribution in [2.24, 2.45) is 0 Å². The largest absolute Gasteiger partial charge is 0.388 e. The SMILES string of the molecule is Cc1cc(-c2n[nH]c3ccc(C(=O)N[C@@H]4CCC[C@@](O)(Cn5c(C)nc6cnccc65)C4)cc23)ccn1. The molecule has 1 aromatic carbocycles. The number of aliphatic hydroxyl groups is 1. The highest BCUT2D eigenvalue weighted by Crippen LogP contribution is 2.32. The van der Waals surface area contributed by atoms with Gasteiger partial charge in [0.05, 0.1) is 29.4 Å². The Morgan fingerprint density at radius 3 is 2.97 bits per heavy atom. The van der Waals surface area contributed by atoms with Gasteiger partial charge in [0.15, 0.2) is 0 Å². The Morgan fingerprint density at radius 1 is 1.22 bits per heavy atom. The number of imidazole rings is 1. The van der Waals surface area contributed by atoms with Gasteiger partial charge in [0, 0.05) is 40.6 Å². The first kappa shape index (κ1) is 23.3. The number of hydrogen-bond donors (Lipinski definition) is 3. The molecule has 0 radical (unpaired) electrons. The molecule has 2 atom stereocenters. The number of H-pyrrole nitrogens is 1. The van der Waals surface area contributed by atoms with Crippen molar-refractivity contribution in [3.8, 4) is 11.3 Å². The minimum Gasteiger partial charge on any atom is -0.388 e. The number of rotatable bonds is 5. The number of nitrogens with one attached hydrogen (secondary N) is 2. The predicted octanol–water partition coefficient (Wildman–Crippen LogP) is 4.09. The fourth-order valence-corrected chi connectivity index (χ4v) is 5.54. The number of aromatic nitrogens is 6. The van der Waals surface area contributed by atoms with E-state index in [1.54, 1.807) is 18.6 Å². The number of carbonyl (C=O) groups excluding carboxylic acids is 1. The third-order valence-electron chi connectivity index (χ3n) is 7.35. The van der Waals surface area contributed by atoms with E-state index in [9.17, 15) is 9.90 Å². The molecule has 3 N–H and O–H groups in total. The van der Waals surface area contributed by atoms with Crippen molar-refractivity contribution in [1.82, 2.24) is 35.0 Å². The lowest BCUT2D eigenvalue weighted by atomic mass is 9.81. The summed E-state index contributed by atoms with van der Waals surface area (Å²) in [5.41, 5.74) is 4.93. The summed E-state index contributed by atoms with van der Waals surface area (Å²) in [6.45, 7) is 4.32. The van der Waals surface area contributed by atoms with Crippen LogP contribution in [0.3, 0.4) is 0 Å². The maximum atomic E-state index is 13.3. The number of benzene rings is 1. The summed E-state index contributed by atoms with van der Waals surface area (Å²) in [4.78, 5) is 26.3. The molecule has 188 valence electrons. The van der Waals surface area contributed by atoms with Crippen molar-refractivity contribution in [2.75, 3.05) is 0 Å². The molecule has 0 saturated heterocycles. The monoisotopic (exact) mass is 495 g/mol. The van der Waals surface area contributed by atoms with Crippen LogP contribution in [0.25, 0.3) is 33.2 Å².